The van der Waals surface area contributed by atoms with Crippen LogP contribution in [0.2, 0.25) is 5.02 Å². The molecule has 0 aliphatic carbocycles. The maximum Gasteiger partial charge on any atom is 0.221 e. The normalized spacial score (nSPS) is 10.6. The van der Waals surface area contributed by atoms with Gasteiger partial charge in [0.25, 0.3) is 0 Å². The Kier molecular flexibility index (Phi) is 5.00. The lowest BCUT2D eigenvalue weighted by Crippen LogP contribution is -2.22. The highest BCUT2D eigenvalue weighted by atomic mass is 35.5. The van der Waals surface area contributed by atoms with Crippen molar-refractivity contribution in [3.63, 3.8) is 0 Å². The molecule has 1 amide bonds. The Morgan fingerprint density at radius 1 is 1.55 bits per heavy atom. The van der Waals surface area contributed by atoms with Crippen molar-refractivity contribution in [2.24, 2.45) is 10.8 Å². The maximum atomic E-state index is 13.4. The van der Waals surface area contributed by atoms with Crippen LogP contribution in [0.5, 0.6) is 0 Å². The van der Waals surface area contributed by atoms with Gasteiger partial charge in [0.05, 0.1) is 16.4 Å². The Hall–Kier alpha value is -2.66. The standard InChI is InChI=1S/C11H10ClFN6O/c1-5(20)17-8-2-6(12)7(13)3-9(8)18-19-10(4-14)11(15)16/h2-3,18H,1H3,(H3,15,16)(H,17,20)/b19-10+. The number of nitriles is 1. The highest BCUT2D eigenvalue weighted by Gasteiger charge is 2.10. The van der Waals surface area contributed by atoms with E-state index in [4.69, 9.17) is 28.0 Å². The van der Waals surface area contributed by atoms with Gasteiger partial charge in [0.2, 0.25) is 11.6 Å². The molecule has 0 atom stereocenters. The molecule has 7 nitrogen and oxygen atoms in total. The lowest BCUT2D eigenvalue weighted by molar-refractivity contribution is -0.114. The molecule has 1 aromatic carbocycles. The third-order valence-corrected chi connectivity index (χ3v) is 2.31. The lowest BCUT2D eigenvalue weighted by atomic mass is 10.2. The highest BCUT2D eigenvalue weighted by molar-refractivity contribution is 6.45. The van der Waals surface area contributed by atoms with Gasteiger partial charge < -0.3 is 11.1 Å². The van der Waals surface area contributed by atoms with E-state index in [1.165, 1.54) is 13.0 Å². The summed E-state index contributed by atoms with van der Waals surface area (Å²) < 4.78 is 13.4. The predicted octanol–water partition coefficient (Wildman–Crippen LogP) is 1.66. The SMILES string of the molecule is CC(=O)Nc1cc(Cl)c(F)cc1N/N=C(\C#N)C(=N)N. The number of nitrogens with one attached hydrogen (secondary N) is 3. The Morgan fingerprint density at radius 2 is 2.20 bits per heavy atom. The summed E-state index contributed by atoms with van der Waals surface area (Å²) in [6, 6.07) is 3.77. The second-order valence-electron chi connectivity index (χ2n) is 3.59. The third kappa shape index (κ3) is 3.93. The number of halogens is 2. The molecule has 0 unspecified atom stereocenters. The number of hydrogen-bond acceptors (Lipinski definition) is 5. The molecule has 0 fully saturated rings. The monoisotopic (exact) mass is 296 g/mol. The van der Waals surface area contributed by atoms with E-state index in [0.29, 0.717) is 0 Å². The maximum absolute atomic E-state index is 13.4. The molecule has 0 saturated carbocycles. The van der Waals surface area contributed by atoms with Crippen molar-refractivity contribution < 1.29 is 9.18 Å². The van der Waals surface area contributed by atoms with Crippen molar-refractivity contribution in [2.45, 2.75) is 6.92 Å². The molecule has 0 bridgehead atoms. The number of nitrogens with two attached hydrogens (primary N) is 1. The van der Waals surface area contributed by atoms with Crippen LogP contribution in [0, 0.1) is 22.6 Å². The van der Waals surface area contributed by atoms with Crippen LogP contribution in [0.25, 0.3) is 0 Å². The fourth-order valence-electron chi connectivity index (χ4n) is 1.19. The van der Waals surface area contributed by atoms with Gasteiger partial charge in [-0.1, -0.05) is 11.6 Å². The van der Waals surface area contributed by atoms with Gasteiger partial charge in [-0.2, -0.15) is 10.4 Å². The molecule has 0 aliphatic rings. The van der Waals surface area contributed by atoms with Crippen molar-refractivity contribution >= 4 is 40.4 Å². The molecule has 0 spiro atoms. The summed E-state index contributed by atoms with van der Waals surface area (Å²) in [6.45, 7) is 1.26. The molecular formula is C11H10ClFN6O. The van der Waals surface area contributed by atoms with E-state index in [1.807, 2.05) is 0 Å². The van der Waals surface area contributed by atoms with Crippen molar-refractivity contribution in [3.05, 3.63) is 23.0 Å². The molecule has 5 N–H and O–H groups in total. The number of benzene rings is 1. The van der Waals surface area contributed by atoms with Crippen LogP contribution in [0.4, 0.5) is 15.8 Å². The molecule has 0 heterocycles. The molecule has 0 aliphatic heterocycles. The molecule has 1 rings (SSSR count). The number of anilines is 2. The topological polar surface area (TPSA) is 127 Å². The molecule has 20 heavy (non-hydrogen) atoms. The number of rotatable bonds is 4. The van der Waals surface area contributed by atoms with Gasteiger partial charge in [-0.3, -0.25) is 15.6 Å². The van der Waals surface area contributed by atoms with Crippen LogP contribution in [0.1, 0.15) is 6.92 Å². The Balaban J connectivity index is 3.16. The summed E-state index contributed by atoms with van der Waals surface area (Å²) in [5.41, 5.74) is 7.32. The average molecular weight is 297 g/mol. The molecule has 0 saturated heterocycles. The summed E-state index contributed by atoms with van der Waals surface area (Å²) in [5, 5.41) is 21.5. The summed E-state index contributed by atoms with van der Waals surface area (Å²) in [4.78, 5) is 11.0. The second kappa shape index (κ2) is 6.49. The molecule has 0 radical (unpaired) electrons. The molecule has 0 aromatic heterocycles. The van der Waals surface area contributed by atoms with Gasteiger partial charge in [0, 0.05) is 13.0 Å². The number of nitrogens with zero attached hydrogens (tertiary/aromatic N) is 2. The van der Waals surface area contributed by atoms with Crippen molar-refractivity contribution in [3.8, 4) is 6.07 Å². The minimum absolute atomic E-state index is 0.0658. The van der Waals surface area contributed by atoms with Gasteiger partial charge in [0.1, 0.15) is 11.9 Å². The third-order valence-electron chi connectivity index (χ3n) is 2.02. The fraction of sp³-hybridized carbons (Fsp3) is 0.0909. The van der Waals surface area contributed by atoms with Crippen molar-refractivity contribution in [2.75, 3.05) is 10.7 Å². The van der Waals surface area contributed by atoms with E-state index in [-0.39, 0.29) is 22.1 Å². The van der Waals surface area contributed by atoms with E-state index in [1.54, 1.807) is 6.07 Å². The Labute approximate surface area is 118 Å². The van der Waals surface area contributed by atoms with E-state index >= 15 is 0 Å². The number of hydrazone groups is 1. The number of amidine groups is 1. The van der Waals surface area contributed by atoms with Crippen LogP contribution >= 0.6 is 11.6 Å². The summed E-state index contributed by atoms with van der Waals surface area (Å²) in [7, 11) is 0. The zero-order valence-corrected chi connectivity index (χ0v) is 11.0. The predicted molar refractivity (Wildman–Crippen MR) is 74.3 cm³/mol. The Bertz CT molecular complexity index is 637. The molecular weight excluding hydrogens is 287 g/mol. The summed E-state index contributed by atoms with van der Waals surface area (Å²) >= 11 is 5.61. The van der Waals surface area contributed by atoms with Crippen LogP contribution in [-0.4, -0.2) is 17.5 Å². The Morgan fingerprint density at radius 3 is 2.70 bits per heavy atom. The first-order valence-electron chi connectivity index (χ1n) is 5.20. The number of carbonyl (C=O) groups excluding carboxylic acids is 1. The second-order valence-corrected chi connectivity index (χ2v) is 4.00. The zero-order chi connectivity index (χ0) is 15.3. The quantitative estimate of drug-likeness (QED) is 0.383. The first-order chi connectivity index (χ1) is 9.35. The summed E-state index contributed by atoms with van der Waals surface area (Å²) in [6.07, 6.45) is 0. The molecule has 1 aromatic rings. The summed E-state index contributed by atoms with van der Waals surface area (Å²) in [5.74, 6) is -1.68. The van der Waals surface area contributed by atoms with Gasteiger partial charge in [-0.25, -0.2) is 4.39 Å². The molecule has 104 valence electrons. The first-order valence-corrected chi connectivity index (χ1v) is 5.57. The van der Waals surface area contributed by atoms with Gasteiger partial charge >= 0.3 is 0 Å². The average Bonchev–Trinajstić information content (AvgIpc) is 2.34. The smallest absolute Gasteiger partial charge is 0.221 e. The van der Waals surface area contributed by atoms with Crippen LogP contribution in [0.15, 0.2) is 17.2 Å². The van der Waals surface area contributed by atoms with Gasteiger partial charge in [-0.05, 0) is 6.07 Å². The fourth-order valence-corrected chi connectivity index (χ4v) is 1.36. The van der Waals surface area contributed by atoms with Crippen LogP contribution in [0.3, 0.4) is 0 Å². The largest absolute Gasteiger partial charge is 0.382 e. The zero-order valence-electron chi connectivity index (χ0n) is 10.3. The van der Waals surface area contributed by atoms with E-state index in [0.717, 1.165) is 6.07 Å². The van der Waals surface area contributed by atoms with E-state index in [9.17, 15) is 9.18 Å². The minimum atomic E-state index is -0.736. The van der Waals surface area contributed by atoms with Crippen molar-refractivity contribution in [1.29, 1.82) is 10.7 Å². The van der Waals surface area contributed by atoms with Crippen molar-refractivity contribution in [1.82, 2.24) is 0 Å². The highest BCUT2D eigenvalue weighted by Crippen LogP contribution is 2.28. The number of carbonyl (C=O) groups is 1. The minimum Gasteiger partial charge on any atom is -0.382 e. The number of amides is 1. The lowest BCUT2D eigenvalue weighted by Gasteiger charge is -2.10. The number of hydrogen-bond donors (Lipinski definition) is 4. The van der Waals surface area contributed by atoms with Gasteiger partial charge in [0.15, 0.2) is 5.84 Å². The molecule has 9 heteroatoms. The van der Waals surface area contributed by atoms with Crippen LogP contribution in [-0.2, 0) is 4.79 Å². The van der Waals surface area contributed by atoms with Crippen LogP contribution < -0.4 is 16.5 Å². The first kappa shape index (κ1) is 15.4. The van der Waals surface area contributed by atoms with E-state index < -0.39 is 17.6 Å². The van der Waals surface area contributed by atoms with E-state index in [2.05, 4.69) is 15.8 Å². The van der Waals surface area contributed by atoms with Gasteiger partial charge in [-0.15, -0.1) is 0 Å².